The van der Waals surface area contributed by atoms with Crippen LogP contribution in [0.3, 0.4) is 0 Å². The fourth-order valence-corrected chi connectivity index (χ4v) is 3.26. The van der Waals surface area contributed by atoms with Crippen LogP contribution in [-0.2, 0) is 6.42 Å². The van der Waals surface area contributed by atoms with Crippen LogP contribution in [0.1, 0.15) is 43.7 Å². The van der Waals surface area contributed by atoms with Crippen molar-refractivity contribution >= 4 is 11.8 Å². The van der Waals surface area contributed by atoms with Crippen molar-refractivity contribution in [3.05, 3.63) is 100 Å². The molecule has 3 aromatic rings. The molecule has 7 heteroatoms. The zero-order valence-electron chi connectivity index (χ0n) is 17.5. The summed E-state index contributed by atoms with van der Waals surface area (Å²) in [6, 6.07) is 14.4. The van der Waals surface area contributed by atoms with E-state index in [1.807, 2.05) is 0 Å². The fraction of sp³-hybridized carbons (Fsp3) is 0.208. The molecular weight excluding hydrogens is 400 g/mol. The van der Waals surface area contributed by atoms with Gasteiger partial charge in [-0.05, 0) is 60.9 Å². The number of carbonyl (C=O) groups is 2. The second-order valence-corrected chi connectivity index (χ2v) is 7.44. The van der Waals surface area contributed by atoms with E-state index in [2.05, 4.69) is 10.3 Å². The van der Waals surface area contributed by atoms with Crippen LogP contribution >= 0.6 is 0 Å². The molecule has 0 spiro atoms. The molecule has 31 heavy (non-hydrogen) atoms. The fourth-order valence-electron chi connectivity index (χ4n) is 3.26. The molecule has 3 rings (SSSR count). The maximum absolute atomic E-state index is 13.8. The lowest BCUT2D eigenvalue weighted by atomic mass is 9.98. The normalized spacial score (nSPS) is 11.6. The van der Waals surface area contributed by atoms with Gasteiger partial charge in [0.1, 0.15) is 17.3 Å². The summed E-state index contributed by atoms with van der Waals surface area (Å²) in [5.74, 6) is -1.50. The number of rotatable bonds is 6. The van der Waals surface area contributed by atoms with Gasteiger partial charge >= 0.3 is 0 Å². The van der Waals surface area contributed by atoms with Crippen LogP contribution in [-0.4, -0.2) is 35.8 Å². The van der Waals surface area contributed by atoms with E-state index in [4.69, 9.17) is 0 Å². The Balaban J connectivity index is 1.88. The van der Waals surface area contributed by atoms with Crippen molar-refractivity contribution in [1.29, 1.82) is 0 Å². The maximum Gasteiger partial charge on any atom is 0.271 e. The summed E-state index contributed by atoms with van der Waals surface area (Å²) in [5, 5.41) is 2.89. The molecule has 5 nitrogen and oxygen atoms in total. The number of aromatic nitrogens is 1. The van der Waals surface area contributed by atoms with Gasteiger partial charge in [-0.3, -0.25) is 9.59 Å². The summed E-state index contributed by atoms with van der Waals surface area (Å²) in [5.41, 5.74) is 2.16. The highest BCUT2D eigenvalue weighted by atomic mass is 19.1. The molecule has 0 saturated carbocycles. The van der Waals surface area contributed by atoms with Crippen LogP contribution in [0.15, 0.2) is 60.7 Å². The second kappa shape index (κ2) is 9.47. The number of aryl methyl sites for hydroxylation is 1. The number of pyridine rings is 1. The molecule has 1 aromatic heterocycles. The van der Waals surface area contributed by atoms with Gasteiger partial charge in [0.2, 0.25) is 0 Å². The van der Waals surface area contributed by atoms with Gasteiger partial charge in [0, 0.05) is 14.1 Å². The van der Waals surface area contributed by atoms with Gasteiger partial charge in [-0.1, -0.05) is 24.3 Å². The quantitative estimate of drug-likeness (QED) is 0.650. The summed E-state index contributed by atoms with van der Waals surface area (Å²) in [6.07, 6.45) is 0.274. The van der Waals surface area contributed by atoms with Crippen molar-refractivity contribution < 1.29 is 18.4 Å². The summed E-state index contributed by atoms with van der Waals surface area (Å²) < 4.78 is 27.5. The Morgan fingerprint density at radius 3 is 2.29 bits per heavy atom. The number of amides is 2. The van der Waals surface area contributed by atoms with Crippen molar-refractivity contribution in [1.82, 2.24) is 15.2 Å². The zero-order chi connectivity index (χ0) is 22.5. The van der Waals surface area contributed by atoms with E-state index in [0.717, 1.165) is 0 Å². The van der Waals surface area contributed by atoms with Crippen molar-refractivity contribution in [2.75, 3.05) is 14.1 Å². The van der Waals surface area contributed by atoms with Gasteiger partial charge in [-0.15, -0.1) is 0 Å². The lowest BCUT2D eigenvalue weighted by Gasteiger charge is -2.20. The number of hydrogen-bond acceptors (Lipinski definition) is 3. The lowest BCUT2D eigenvalue weighted by molar-refractivity contribution is 0.0820. The van der Waals surface area contributed by atoms with E-state index in [1.165, 1.54) is 35.2 Å². The molecule has 2 aromatic carbocycles. The third kappa shape index (κ3) is 5.51. The number of nitrogens with one attached hydrogen (secondary N) is 1. The molecule has 0 aliphatic heterocycles. The molecule has 1 heterocycles. The van der Waals surface area contributed by atoms with E-state index >= 15 is 0 Å². The Morgan fingerprint density at radius 2 is 1.68 bits per heavy atom. The predicted octanol–water partition coefficient (Wildman–Crippen LogP) is 4.08. The minimum Gasteiger partial charge on any atom is -0.345 e. The average molecular weight is 423 g/mol. The highest BCUT2D eigenvalue weighted by Gasteiger charge is 2.20. The number of benzene rings is 2. The third-order valence-electron chi connectivity index (χ3n) is 4.84. The van der Waals surface area contributed by atoms with E-state index < -0.39 is 17.8 Å². The number of nitrogens with zero attached hydrogens (tertiary/aromatic N) is 2. The number of carbonyl (C=O) groups excluding carboxylic acids is 2. The first-order chi connectivity index (χ1) is 14.7. The van der Waals surface area contributed by atoms with Gasteiger partial charge < -0.3 is 10.2 Å². The van der Waals surface area contributed by atoms with E-state index in [9.17, 15) is 18.4 Å². The topological polar surface area (TPSA) is 62.3 Å². The highest BCUT2D eigenvalue weighted by molar-refractivity contribution is 5.97. The molecule has 0 saturated heterocycles. The molecule has 1 N–H and O–H groups in total. The van der Waals surface area contributed by atoms with Gasteiger partial charge in [0.05, 0.1) is 17.3 Å². The maximum atomic E-state index is 13.8. The zero-order valence-corrected chi connectivity index (χ0v) is 17.5. The predicted molar refractivity (Wildman–Crippen MR) is 114 cm³/mol. The van der Waals surface area contributed by atoms with Gasteiger partial charge in [0.25, 0.3) is 11.8 Å². The molecule has 0 bridgehead atoms. The van der Waals surface area contributed by atoms with Crippen LogP contribution in [0.25, 0.3) is 0 Å². The summed E-state index contributed by atoms with van der Waals surface area (Å²) in [7, 11) is 3.24. The Labute approximate surface area is 179 Å². The lowest BCUT2D eigenvalue weighted by Crippen LogP contribution is -2.31. The minimum absolute atomic E-state index is 0.237. The van der Waals surface area contributed by atoms with E-state index in [0.29, 0.717) is 22.4 Å². The van der Waals surface area contributed by atoms with Crippen LogP contribution in [0.4, 0.5) is 8.78 Å². The van der Waals surface area contributed by atoms with E-state index in [-0.39, 0.29) is 23.8 Å². The highest BCUT2D eigenvalue weighted by Crippen LogP contribution is 2.21. The van der Waals surface area contributed by atoms with E-state index in [1.54, 1.807) is 51.4 Å². The molecule has 0 aliphatic rings. The average Bonchev–Trinajstić information content (AvgIpc) is 2.72. The Hall–Kier alpha value is -3.61. The van der Waals surface area contributed by atoms with Crippen LogP contribution in [0.5, 0.6) is 0 Å². The van der Waals surface area contributed by atoms with Gasteiger partial charge in [-0.25, -0.2) is 13.8 Å². The molecule has 0 aliphatic carbocycles. The van der Waals surface area contributed by atoms with Crippen LogP contribution < -0.4 is 5.32 Å². The van der Waals surface area contributed by atoms with Crippen LogP contribution in [0.2, 0.25) is 0 Å². The van der Waals surface area contributed by atoms with Gasteiger partial charge in [-0.2, -0.15) is 0 Å². The first-order valence-corrected chi connectivity index (χ1v) is 9.74. The number of hydrogen-bond donors (Lipinski definition) is 1. The number of halogens is 2. The summed E-state index contributed by atoms with van der Waals surface area (Å²) in [6.45, 7) is 1.64. The molecule has 0 radical (unpaired) electrons. The summed E-state index contributed by atoms with van der Waals surface area (Å²) >= 11 is 0. The minimum atomic E-state index is -0.590. The molecule has 2 amide bonds. The largest absolute Gasteiger partial charge is 0.345 e. The Bertz CT molecular complexity index is 1120. The SMILES string of the molecule is Cc1nc(C(=O)N(C)C)ccc1C(=O)NC(Cc1cccc(F)c1)c1cccc(F)c1. The second-order valence-electron chi connectivity index (χ2n) is 7.44. The molecular formula is C24H23F2N3O2. The monoisotopic (exact) mass is 423 g/mol. The van der Waals surface area contributed by atoms with Crippen molar-refractivity contribution in [3.63, 3.8) is 0 Å². The van der Waals surface area contributed by atoms with Crippen LogP contribution in [0, 0.1) is 18.6 Å². The first-order valence-electron chi connectivity index (χ1n) is 9.74. The van der Waals surface area contributed by atoms with Crippen molar-refractivity contribution in [2.45, 2.75) is 19.4 Å². The molecule has 1 unspecified atom stereocenters. The van der Waals surface area contributed by atoms with Gasteiger partial charge in [0.15, 0.2) is 0 Å². The molecule has 160 valence electrons. The molecule has 0 fully saturated rings. The third-order valence-corrected chi connectivity index (χ3v) is 4.84. The Morgan fingerprint density at radius 1 is 1.00 bits per heavy atom. The smallest absolute Gasteiger partial charge is 0.271 e. The van der Waals surface area contributed by atoms with Crippen molar-refractivity contribution in [3.8, 4) is 0 Å². The Kier molecular flexibility index (Phi) is 6.74. The molecule has 1 atom stereocenters. The van der Waals surface area contributed by atoms with Crippen molar-refractivity contribution in [2.24, 2.45) is 0 Å². The first kappa shape index (κ1) is 22.1. The standard InChI is InChI=1S/C24H23F2N3O2/c1-15-20(10-11-21(27-15)24(31)29(2)3)23(30)28-22(17-7-5-9-19(26)14-17)13-16-6-4-8-18(25)12-16/h4-12,14,22H,13H2,1-3H3,(H,28,30). The summed E-state index contributed by atoms with van der Waals surface area (Å²) in [4.78, 5) is 30.7.